The van der Waals surface area contributed by atoms with Crippen molar-refractivity contribution in [3.05, 3.63) is 41.0 Å². The van der Waals surface area contributed by atoms with Crippen LogP contribution in [0.2, 0.25) is 0 Å². The van der Waals surface area contributed by atoms with Crippen LogP contribution < -0.4 is 4.90 Å². The van der Waals surface area contributed by atoms with Crippen molar-refractivity contribution in [1.82, 2.24) is 14.9 Å². The quantitative estimate of drug-likeness (QED) is 0.860. The van der Waals surface area contributed by atoms with Gasteiger partial charge in [-0.1, -0.05) is 0 Å². The molecule has 6 heteroatoms. The topological polar surface area (TPSA) is 49.3 Å². The third-order valence-electron chi connectivity index (χ3n) is 5.11. The molecule has 2 aromatic heterocycles. The largest absolute Gasteiger partial charge is 0.355 e. The number of carbonyl (C=O) groups excluding carboxylic acids is 1. The summed E-state index contributed by atoms with van der Waals surface area (Å²) in [5.41, 5.74) is 1.30. The molecule has 0 aromatic carbocycles. The molecule has 126 valence electrons. The van der Waals surface area contributed by atoms with Crippen LogP contribution in [0, 0.1) is 5.92 Å². The summed E-state index contributed by atoms with van der Waals surface area (Å²) in [5, 5.41) is 4.29. The van der Waals surface area contributed by atoms with E-state index in [1.54, 1.807) is 29.9 Å². The number of nitrogens with zero attached hydrogens (tertiary/aromatic N) is 4. The van der Waals surface area contributed by atoms with Crippen molar-refractivity contribution in [2.45, 2.75) is 31.7 Å². The molecule has 2 saturated heterocycles. The first-order valence-corrected chi connectivity index (χ1v) is 9.61. The fraction of sp³-hybridized carbons (Fsp3) is 0.500. The van der Waals surface area contributed by atoms with Gasteiger partial charge >= 0.3 is 0 Å². The number of anilines is 1. The van der Waals surface area contributed by atoms with Crippen LogP contribution in [0.25, 0.3) is 0 Å². The van der Waals surface area contributed by atoms with E-state index in [9.17, 15) is 4.79 Å². The average molecular weight is 342 g/mol. The Labute approximate surface area is 146 Å². The summed E-state index contributed by atoms with van der Waals surface area (Å²) < 4.78 is 0. The maximum Gasteiger partial charge on any atom is 0.227 e. The monoisotopic (exact) mass is 342 g/mol. The summed E-state index contributed by atoms with van der Waals surface area (Å²) in [4.78, 5) is 26.0. The SMILES string of the molecule is O=C([C@@H]1CCCN(c2cnccn2)C1)N1CCC[C@@H]1c1ccsc1. The van der Waals surface area contributed by atoms with E-state index >= 15 is 0 Å². The van der Waals surface area contributed by atoms with Gasteiger partial charge in [0.15, 0.2) is 0 Å². The molecule has 0 unspecified atom stereocenters. The Morgan fingerprint density at radius 3 is 2.92 bits per heavy atom. The predicted molar refractivity (Wildman–Crippen MR) is 95.0 cm³/mol. The molecule has 2 aliphatic heterocycles. The highest BCUT2D eigenvalue weighted by Crippen LogP contribution is 2.35. The van der Waals surface area contributed by atoms with Gasteiger partial charge < -0.3 is 9.80 Å². The number of amides is 1. The van der Waals surface area contributed by atoms with Gasteiger partial charge in [-0.2, -0.15) is 11.3 Å². The van der Waals surface area contributed by atoms with E-state index in [0.29, 0.717) is 5.91 Å². The lowest BCUT2D eigenvalue weighted by Crippen LogP contribution is -2.45. The molecule has 0 radical (unpaired) electrons. The molecule has 2 aliphatic rings. The second kappa shape index (κ2) is 6.89. The van der Waals surface area contributed by atoms with Gasteiger partial charge in [0.25, 0.3) is 0 Å². The van der Waals surface area contributed by atoms with Gasteiger partial charge in [0.05, 0.1) is 18.2 Å². The van der Waals surface area contributed by atoms with Gasteiger partial charge in [-0.3, -0.25) is 9.78 Å². The van der Waals surface area contributed by atoms with Crippen LogP contribution in [0.3, 0.4) is 0 Å². The molecular formula is C18H22N4OS. The number of carbonyl (C=O) groups is 1. The van der Waals surface area contributed by atoms with Crippen LogP contribution in [0.5, 0.6) is 0 Å². The number of likely N-dealkylation sites (tertiary alicyclic amines) is 1. The number of aromatic nitrogens is 2. The van der Waals surface area contributed by atoms with Crippen LogP contribution in [0.1, 0.15) is 37.3 Å². The van der Waals surface area contributed by atoms with Gasteiger partial charge in [0, 0.05) is 32.0 Å². The Morgan fingerprint density at radius 1 is 1.21 bits per heavy atom. The minimum absolute atomic E-state index is 0.0694. The molecule has 0 bridgehead atoms. The van der Waals surface area contributed by atoms with Gasteiger partial charge in [-0.05, 0) is 48.1 Å². The molecular weight excluding hydrogens is 320 g/mol. The second-order valence-corrected chi connectivity index (χ2v) is 7.38. The summed E-state index contributed by atoms with van der Waals surface area (Å²) in [6.45, 7) is 2.60. The Hall–Kier alpha value is -1.95. The van der Waals surface area contributed by atoms with Crippen LogP contribution in [0.4, 0.5) is 5.82 Å². The minimum Gasteiger partial charge on any atom is -0.355 e. The van der Waals surface area contributed by atoms with Crippen LogP contribution in [0.15, 0.2) is 35.4 Å². The fourth-order valence-electron chi connectivity index (χ4n) is 3.92. The zero-order chi connectivity index (χ0) is 16.4. The number of hydrogen-bond acceptors (Lipinski definition) is 5. The van der Waals surface area contributed by atoms with E-state index in [4.69, 9.17) is 0 Å². The van der Waals surface area contributed by atoms with Gasteiger partial charge in [0.1, 0.15) is 5.82 Å². The van der Waals surface area contributed by atoms with Crippen molar-refractivity contribution < 1.29 is 4.79 Å². The first kappa shape index (κ1) is 15.6. The van der Waals surface area contributed by atoms with E-state index in [1.165, 1.54) is 5.56 Å². The molecule has 4 heterocycles. The van der Waals surface area contributed by atoms with E-state index < -0.39 is 0 Å². The lowest BCUT2D eigenvalue weighted by molar-refractivity contribution is -0.136. The van der Waals surface area contributed by atoms with Crippen molar-refractivity contribution in [3.63, 3.8) is 0 Å². The molecule has 0 N–H and O–H groups in total. The highest BCUT2D eigenvalue weighted by Gasteiger charge is 2.36. The normalized spacial score (nSPS) is 24.3. The number of thiophene rings is 1. The van der Waals surface area contributed by atoms with E-state index in [1.807, 2.05) is 0 Å². The molecule has 4 rings (SSSR count). The van der Waals surface area contributed by atoms with Crippen molar-refractivity contribution in [3.8, 4) is 0 Å². The number of hydrogen-bond donors (Lipinski definition) is 0. The molecule has 24 heavy (non-hydrogen) atoms. The molecule has 2 fully saturated rings. The van der Waals surface area contributed by atoms with Gasteiger partial charge in [-0.15, -0.1) is 0 Å². The van der Waals surface area contributed by atoms with Crippen LogP contribution in [-0.4, -0.2) is 40.4 Å². The second-order valence-electron chi connectivity index (χ2n) is 6.60. The van der Waals surface area contributed by atoms with Crippen molar-refractivity contribution in [2.24, 2.45) is 5.92 Å². The third kappa shape index (κ3) is 3.02. The summed E-state index contributed by atoms with van der Waals surface area (Å²) in [7, 11) is 0. The highest BCUT2D eigenvalue weighted by molar-refractivity contribution is 7.07. The Bertz CT molecular complexity index is 676. The average Bonchev–Trinajstić information content (AvgIpc) is 3.33. The molecule has 2 aromatic rings. The van der Waals surface area contributed by atoms with Crippen LogP contribution in [-0.2, 0) is 4.79 Å². The first-order chi connectivity index (χ1) is 11.8. The number of rotatable bonds is 3. The third-order valence-corrected chi connectivity index (χ3v) is 5.81. The summed E-state index contributed by atoms with van der Waals surface area (Å²) >= 11 is 1.71. The highest BCUT2D eigenvalue weighted by atomic mass is 32.1. The maximum atomic E-state index is 13.1. The first-order valence-electron chi connectivity index (χ1n) is 8.66. The van der Waals surface area contributed by atoms with Gasteiger partial charge in [-0.25, -0.2) is 4.98 Å². The predicted octanol–water partition coefficient (Wildman–Crippen LogP) is 3.12. The lowest BCUT2D eigenvalue weighted by Gasteiger charge is -2.36. The Balaban J connectivity index is 1.47. The molecule has 0 saturated carbocycles. The van der Waals surface area contributed by atoms with Crippen molar-refractivity contribution in [1.29, 1.82) is 0 Å². The number of piperidine rings is 1. The Morgan fingerprint density at radius 2 is 2.12 bits per heavy atom. The minimum atomic E-state index is 0.0694. The van der Waals surface area contributed by atoms with Crippen molar-refractivity contribution >= 4 is 23.1 Å². The summed E-state index contributed by atoms with van der Waals surface area (Å²) in [6, 6.07) is 2.43. The molecule has 5 nitrogen and oxygen atoms in total. The molecule has 1 amide bonds. The lowest BCUT2D eigenvalue weighted by atomic mass is 9.95. The van der Waals surface area contributed by atoms with E-state index in [2.05, 4.69) is 36.6 Å². The smallest absolute Gasteiger partial charge is 0.227 e. The summed E-state index contributed by atoms with van der Waals surface area (Å²) in [6.07, 6.45) is 9.39. The fourth-order valence-corrected chi connectivity index (χ4v) is 4.62. The van der Waals surface area contributed by atoms with E-state index in [-0.39, 0.29) is 12.0 Å². The summed E-state index contributed by atoms with van der Waals surface area (Å²) in [5.74, 6) is 1.27. The van der Waals surface area contributed by atoms with E-state index in [0.717, 1.165) is 51.1 Å². The molecule has 0 spiro atoms. The standard InChI is InChI=1S/C18H22N4OS/c23-18(22-9-2-4-16(22)15-5-10-24-13-15)14-3-1-8-21(12-14)17-11-19-6-7-20-17/h5-7,10-11,13-14,16H,1-4,8-9,12H2/t14-,16-/m1/s1. The van der Waals surface area contributed by atoms with Crippen molar-refractivity contribution in [2.75, 3.05) is 24.5 Å². The zero-order valence-electron chi connectivity index (χ0n) is 13.7. The van der Waals surface area contributed by atoms with Gasteiger partial charge in [0.2, 0.25) is 5.91 Å². The van der Waals surface area contributed by atoms with Crippen LogP contribution >= 0.6 is 11.3 Å². The molecule has 2 atom stereocenters. The Kier molecular flexibility index (Phi) is 4.47. The zero-order valence-corrected chi connectivity index (χ0v) is 14.5. The molecule has 0 aliphatic carbocycles. The maximum absolute atomic E-state index is 13.1.